The summed E-state index contributed by atoms with van der Waals surface area (Å²) in [5.41, 5.74) is 0.888. The highest BCUT2D eigenvalue weighted by Crippen LogP contribution is 2.32. The highest BCUT2D eigenvalue weighted by Gasteiger charge is 2.45. The molecule has 4 aromatic rings. The van der Waals surface area contributed by atoms with Crippen LogP contribution in [-0.2, 0) is 30.8 Å². The van der Waals surface area contributed by atoms with Crippen LogP contribution in [0.25, 0.3) is 11.5 Å². The maximum Gasteiger partial charge on any atom is 0.405 e. The van der Waals surface area contributed by atoms with E-state index in [0.717, 1.165) is 11.2 Å². The predicted octanol–water partition coefficient (Wildman–Crippen LogP) is 1.99. The van der Waals surface area contributed by atoms with Crippen LogP contribution < -0.4 is 26.6 Å². The van der Waals surface area contributed by atoms with E-state index in [0.29, 0.717) is 12.2 Å². The number of hydrogen-bond donors (Lipinski definition) is 5. The van der Waals surface area contributed by atoms with Crippen molar-refractivity contribution in [3.8, 4) is 11.5 Å². The minimum absolute atomic E-state index is 0.0300. The summed E-state index contributed by atoms with van der Waals surface area (Å²) in [6.45, 7) is 0.577. The van der Waals surface area contributed by atoms with Gasteiger partial charge in [0.15, 0.2) is 11.4 Å². The Labute approximate surface area is 338 Å². The highest BCUT2D eigenvalue weighted by molar-refractivity contribution is 6.25. The number of alkyl halides is 3. The van der Waals surface area contributed by atoms with E-state index >= 15 is 0 Å². The fraction of sp³-hybridized carbons (Fsp3) is 0.378. The first kappa shape index (κ1) is 42.9. The smallest absolute Gasteiger partial charge is 0.405 e. The van der Waals surface area contributed by atoms with Crippen LogP contribution >= 0.6 is 0 Å². The molecule has 1 unspecified atom stereocenters. The first-order valence-electron chi connectivity index (χ1n) is 18.5. The summed E-state index contributed by atoms with van der Waals surface area (Å²) < 4.78 is 61.0. The van der Waals surface area contributed by atoms with E-state index in [1.807, 2.05) is 0 Å². The average Bonchev–Trinajstić information content (AvgIpc) is 3.92. The zero-order chi connectivity index (χ0) is 42.8. The van der Waals surface area contributed by atoms with Gasteiger partial charge in [0.2, 0.25) is 17.7 Å². The molecule has 23 heteroatoms. The number of ether oxygens (including phenoxy) is 3. The SMILES string of the molecule is Cn1cc(NC(=O)c2coc(-c3ccnc(NCC(F)(F)F)c3)n2)c(C(=O)NCCOCCOCCOCCNc2cccc3c2C(=O)N(C2CCC(=O)NC2=O)C3=O)n1. The molecule has 318 valence electrons. The van der Waals surface area contributed by atoms with Crippen molar-refractivity contribution in [1.29, 1.82) is 0 Å². The minimum Gasteiger partial charge on any atom is -0.444 e. The number of aryl methyl sites for hydroxylation is 1. The summed E-state index contributed by atoms with van der Waals surface area (Å²) in [6, 6.07) is 6.48. The predicted molar refractivity (Wildman–Crippen MR) is 202 cm³/mol. The molecular formula is C37H39F3N10O10. The number of piperidine rings is 1. The van der Waals surface area contributed by atoms with E-state index in [4.69, 9.17) is 18.6 Å². The van der Waals surface area contributed by atoms with Gasteiger partial charge in [0.05, 0.1) is 56.5 Å². The van der Waals surface area contributed by atoms with E-state index < -0.39 is 54.2 Å². The Balaban J connectivity index is 0.836. The number of amides is 6. The van der Waals surface area contributed by atoms with Crippen molar-refractivity contribution in [3.63, 3.8) is 0 Å². The quantitative estimate of drug-likeness (QED) is 0.0631. The molecule has 2 aliphatic heterocycles. The van der Waals surface area contributed by atoms with Crippen LogP contribution in [0.5, 0.6) is 0 Å². The van der Waals surface area contributed by atoms with E-state index in [1.165, 1.54) is 35.3 Å². The monoisotopic (exact) mass is 840 g/mol. The van der Waals surface area contributed by atoms with Crippen molar-refractivity contribution in [2.24, 2.45) is 7.05 Å². The second kappa shape index (κ2) is 19.4. The molecule has 6 amide bonds. The van der Waals surface area contributed by atoms with Gasteiger partial charge in [-0.25, -0.2) is 9.97 Å². The molecule has 1 atom stereocenters. The number of oxazole rings is 1. The molecule has 0 aliphatic carbocycles. The number of nitrogens with zero attached hydrogens (tertiary/aromatic N) is 5. The Hall–Kier alpha value is -6.72. The van der Waals surface area contributed by atoms with E-state index in [-0.39, 0.29) is 105 Å². The molecule has 0 saturated carbocycles. The van der Waals surface area contributed by atoms with Crippen LogP contribution in [0.15, 0.2) is 53.4 Å². The molecule has 60 heavy (non-hydrogen) atoms. The fourth-order valence-electron chi connectivity index (χ4n) is 6.08. The zero-order valence-corrected chi connectivity index (χ0v) is 31.9. The van der Waals surface area contributed by atoms with Crippen LogP contribution in [0.1, 0.15) is 54.5 Å². The summed E-state index contributed by atoms with van der Waals surface area (Å²) in [7, 11) is 1.56. The number of anilines is 3. The summed E-state index contributed by atoms with van der Waals surface area (Å²) in [5, 5.41) is 16.8. The Bertz CT molecular complexity index is 2240. The topological polar surface area (TPSA) is 250 Å². The van der Waals surface area contributed by atoms with Crippen LogP contribution in [0.4, 0.5) is 30.4 Å². The van der Waals surface area contributed by atoms with Gasteiger partial charge in [0.25, 0.3) is 23.6 Å². The van der Waals surface area contributed by atoms with Gasteiger partial charge in [-0.3, -0.25) is 43.7 Å². The van der Waals surface area contributed by atoms with Crippen molar-refractivity contribution < 1.29 is 60.6 Å². The van der Waals surface area contributed by atoms with Crippen molar-refractivity contribution in [2.75, 3.05) is 75.2 Å². The summed E-state index contributed by atoms with van der Waals surface area (Å²) in [4.78, 5) is 84.7. The number of halogens is 3. The number of fused-ring (bicyclic) bond motifs is 1. The highest BCUT2D eigenvalue weighted by atomic mass is 19.4. The number of aromatic nitrogens is 4. The van der Waals surface area contributed by atoms with Gasteiger partial charge in [-0.2, -0.15) is 18.3 Å². The largest absolute Gasteiger partial charge is 0.444 e. The molecule has 5 heterocycles. The van der Waals surface area contributed by atoms with Gasteiger partial charge in [0, 0.05) is 50.2 Å². The van der Waals surface area contributed by atoms with Crippen molar-refractivity contribution in [1.82, 2.24) is 35.3 Å². The maximum atomic E-state index is 13.2. The van der Waals surface area contributed by atoms with Crippen LogP contribution in [0.2, 0.25) is 0 Å². The number of benzene rings is 1. The first-order valence-corrected chi connectivity index (χ1v) is 18.5. The lowest BCUT2D eigenvalue weighted by Crippen LogP contribution is -2.54. The Kier molecular flexibility index (Phi) is 13.8. The Morgan fingerprint density at radius 1 is 0.933 bits per heavy atom. The third-order valence-electron chi connectivity index (χ3n) is 8.81. The zero-order valence-electron chi connectivity index (χ0n) is 31.9. The molecule has 2 aliphatic rings. The standard InChI is InChI=1S/C37H39F3N10O10/c1-49-18-24(45-31(52)25-19-60-34(46-25)21-7-8-42-27(17-21)44-20-37(38,39)40)30(48-49)33(54)43-10-12-58-14-16-59-15-13-57-11-9-41-23-4-2-3-22-29(23)36(56)50(35(22)55)26-5-6-28(51)47-32(26)53/h2-4,7-8,17-19,26,41H,5-6,9-16,20H2,1H3,(H,42,44)(H,43,54)(H,45,52)(H,47,51,53). The van der Waals surface area contributed by atoms with Crippen molar-refractivity contribution in [3.05, 3.63) is 71.5 Å². The number of nitrogens with one attached hydrogen (secondary N) is 5. The molecule has 1 fully saturated rings. The van der Waals surface area contributed by atoms with Crippen LogP contribution in [0, 0.1) is 0 Å². The molecule has 1 saturated heterocycles. The number of carbonyl (C=O) groups is 6. The third-order valence-corrected chi connectivity index (χ3v) is 8.81. The number of pyridine rings is 1. The maximum absolute atomic E-state index is 13.2. The molecule has 0 bridgehead atoms. The summed E-state index contributed by atoms with van der Waals surface area (Å²) in [6.07, 6.45) is -0.607. The fourth-order valence-corrected chi connectivity index (χ4v) is 6.08. The van der Waals surface area contributed by atoms with Gasteiger partial charge in [0.1, 0.15) is 24.7 Å². The van der Waals surface area contributed by atoms with Gasteiger partial charge in [-0.05, 0) is 30.7 Å². The Morgan fingerprint density at radius 2 is 1.67 bits per heavy atom. The first-order chi connectivity index (χ1) is 28.8. The van der Waals surface area contributed by atoms with E-state index in [9.17, 15) is 41.9 Å². The number of rotatable bonds is 20. The van der Waals surface area contributed by atoms with Gasteiger partial charge >= 0.3 is 6.18 Å². The molecule has 5 N–H and O–H groups in total. The van der Waals surface area contributed by atoms with Crippen molar-refractivity contribution >= 4 is 52.6 Å². The average molecular weight is 841 g/mol. The van der Waals surface area contributed by atoms with Gasteiger partial charge in [-0.15, -0.1) is 0 Å². The normalized spacial score (nSPS) is 15.2. The summed E-state index contributed by atoms with van der Waals surface area (Å²) in [5.74, 6) is -3.74. The lowest BCUT2D eigenvalue weighted by atomic mass is 10.0. The molecule has 0 spiro atoms. The van der Waals surface area contributed by atoms with Gasteiger partial charge in [-0.1, -0.05) is 6.07 Å². The van der Waals surface area contributed by atoms with Crippen LogP contribution in [-0.4, -0.2) is 132 Å². The van der Waals surface area contributed by atoms with Crippen LogP contribution in [0.3, 0.4) is 0 Å². The minimum atomic E-state index is -4.45. The second-order valence-electron chi connectivity index (χ2n) is 13.2. The lowest BCUT2D eigenvalue weighted by molar-refractivity contribution is -0.136. The number of hydrogen-bond acceptors (Lipinski definition) is 15. The van der Waals surface area contributed by atoms with Crippen molar-refractivity contribution in [2.45, 2.75) is 25.1 Å². The molecule has 0 radical (unpaired) electrons. The van der Waals surface area contributed by atoms with E-state index in [1.54, 1.807) is 19.2 Å². The van der Waals surface area contributed by atoms with Gasteiger partial charge < -0.3 is 39.9 Å². The molecular weight excluding hydrogens is 801 g/mol. The third kappa shape index (κ3) is 10.9. The molecule has 6 rings (SSSR count). The van der Waals surface area contributed by atoms with E-state index in [2.05, 4.69) is 41.7 Å². The molecule has 20 nitrogen and oxygen atoms in total. The number of carbonyl (C=O) groups excluding carboxylic acids is 6. The molecule has 3 aromatic heterocycles. The summed E-state index contributed by atoms with van der Waals surface area (Å²) >= 11 is 0. The second-order valence-corrected chi connectivity index (χ2v) is 13.2. The number of imide groups is 2. The molecule has 1 aromatic carbocycles. The Morgan fingerprint density at radius 3 is 2.40 bits per heavy atom. The lowest BCUT2D eigenvalue weighted by Gasteiger charge is -2.27.